The third-order valence-electron chi connectivity index (χ3n) is 4.28. The fourth-order valence-corrected chi connectivity index (χ4v) is 2.58. The maximum absolute atomic E-state index is 12.6. The summed E-state index contributed by atoms with van der Waals surface area (Å²) in [7, 11) is 4.01. The summed E-state index contributed by atoms with van der Waals surface area (Å²) in [4.78, 5) is 31.2. The lowest BCUT2D eigenvalue weighted by molar-refractivity contribution is -0.149. The predicted octanol–water partition coefficient (Wildman–Crippen LogP) is 0.245. The molecule has 0 atom stereocenters. The Kier molecular flexibility index (Phi) is 7.29. The van der Waals surface area contributed by atoms with E-state index in [0.29, 0.717) is 19.6 Å². The largest absolute Gasteiger partial charge is 0.355 e. The van der Waals surface area contributed by atoms with Crippen LogP contribution in [0, 0.1) is 5.41 Å². The molecule has 0 aromatic rings. The lowest BCUT2D eigenvalue weighted by Gasteiger charge is -2.37. The second kappa shape index (κ2) is 8.48. The van der Waals surface area contributed by atoms with E-state index in [-0.39, 0.29) is 11.8 Å². The number of hydrogen-bond acceptors (Lipinski definition) is 4. The van der Waals surface area contributed by atoms with Gasteiger partial charge in [0.05, 0.1) is 0 Å². The first-order valence-corrected chi connectivity index (χ1v) is 8.23. The molecule has 6 nitrogen and oxygen atoms in total. The van der Waals surface area contributed by atoms with E-state index in [1.165, 1.54) is 0 Å². The minimum Gasteiger partial charge on any atom is -0.355 e. The molecular weight excluding hydrogens is 280 g/mol. The van der Waals surface area contributed by atoms with Crippen molar-refractivity contribution in [1.82, 2.24) is 20.0 Å². The SMILES string of the molecule is CCN1CCN(C(=O)C(C)(C)C(=O)NCCCN(C)C)CC1. The van der Waals surface area contributed by atoms with Gasteiger partial charge in [0.15, 0.2) is 0 Å². The van der Waals surface area contributed by atoms with Crippen molar-refractivity contribution in [2.45, 2.75) is 27.2 Å². The monoisotopic (exact) mass is 312 g/mol. The van der Waals surface area contributed by atoms with Crippen LogP contribution in [-0.2, 0) is 9.59 Å². The van der Waals surface area contributed by atoms with Crippen molar-refractivity contribution < 1.29 is 9.59 Å². The van der Waals surface area contributed by atoms with Crippen LogP contribution in [0.25, 0.3) is 0 Å². The van der Waals surface area contributed by atoms with Crippen LogP contribution < -0.4 is 5.32 Å². The van der Waals surface area contributed by atoms with Gasteiger partial charge in [0, 0.05) is 32.7 Å². The quantitative estimate of drug-likeness (QED) is 0.541. The van der Waals surface area contributed by atoms with E-state index in [0.717, 1.165) is 32.6 Å². The van der Waals surface area contributed by atoms with Crippen molar-refractivity contribution in [2.75, 3.05) is 59.9 Å². The Hall–Kier alpha value is -1.14. The van der Waals surface area contributed by atoms with Crippen LogP contribution in [0.2, 0.25) is 0 Å². The van der Waals surface area contributed by atoms with Gasteiger partial charge in [-0.25, -0.2) is 0 Å². The fourth-order valence-electron chi connectivity index (χ4n) is 2.58. The first-order chi connectivity index (χ1) is 10.3. The van der Waals surface area contributed by atoms with Gasteiger partial charge in [-0.05, 0) is 47.5 Å². The van der Waals surface area contributed by atoms with Gasteiger partial charge in [-0.1, -0.05) is 6.92 Å². The number of nitrogens with one attached hydrogen (secondary N) is 1. The molecule has 1 N–H and O–H groups in total. The fraction of sp³-hybridized carbons (Fsp3) is 0.875. The smallest absolute Gasteiger partial charge is 0.237 e. The van der Waals surface area contributed by atoms with Gasteiger partial charge in [0.2, 0.25) is 11.8 Å². The van der Waals surface area contributed by atoms with Crippen molar-refractivity contribution >= 4 is 11.8 Å². The Balaban J connectivity index is 2.46. The highest BCUT2D eigenvalue weighted by Gasteiger charge is 2.39. The molecule has 1 saturated heterocycles. The minimum atomic E-state index is -0.994. The molecule has 1 aliphatic heterocycles. The third kappa shape index (κ3) is 5.25. The Morgan fingerprint density at radius 3 is 2.23 bits per heavy atom. The van der Waals surface area contributed by atoms with Crippen LogP contribution in [0.1, 0.15) is 27.2 Å². The van der Waals surface area contributed by atoms with Gasteiger partial charge >= 0.3 is 0 Å². The molecule has 128 valence electrons. The molecule has 6 heteroatoms. The van der Waals surface area contributed by atoms with Gasteiger partial charge in [-0.15, -0.1) is 0 Å². The Bertz CT molecular complexity index is 374. The Morgan fingerprint density at radius 1 is 1.14 bits per heavy atom. The molecule has 22 heavy (non-hydrogen) atoms. The van der Waals surface area contributed by atoms with Gasteiger partial charge in [0.1, 0.15) is 5.41 Å². The van der Waals surface area contributed by atoms with Crippen LogP contribution in [0.15, 0.2) is 0 Å². The number of nitrogens with zero attached hydrogens (tertiary/aromatic N) is 3. The molecule has 1 aliphatic rings. The second-order valence-electron chi connectivity index (χ2n) is 6.76. The summed E-state index contributed by atoms with van der Waals surface area (Å²) in [5, 5.41) is 2.89. The van der Waals surface area contributed by atoms with Gasteiger partial charge in [0.25, 0.3) is 0 Å². The number of carbonyl (C=O) groups excluding carboxylic acids is 2. The minimum absolute atomic E-state index is 0.0617. The zero-order chi connectivity index (χ0) is 16.8. The lowest BCUT2D eigenvalue weighted by atomic mass is 9.90. The molecule has 0 aliphatic carbocycles. The number of amides is 2. The maximum Gasteiger partial charge on any atom is 0.237 e. The summed E-state index contributed by atoms with van der Waals surface area (Å²) in [6, 6.07) is 0. The van der Waals surface area contributed by atoms with Crippen molar-refractivity contribution in [3.05, 3.63) is 0 Å². The normalized spacial score (nSPS) is 16.9. The molecule has 1 rings (SSSR count). The Labute approximate surface area is 134 Å². The highest BCUT2D eigenvalue weighted by Crippen LogP contribution is 2.20. The first-order valence-electron chi connectivity index (χ1n) is 8.23. The zero-order valence-corrected chi connectivity index (χ0v) is 14.8. The summed E-state index contributed by atoms with van der Waals surface area (Å²) in [6.45, 7) is 11.3. The van der Waals surface area contributed by atoms with E-state index in [2.05, 4.69) is 22.0 Å². The molecular formula is C16H32N4O2. The van der Waals surface area contributed by atoms with E-state index in [4.69, 9.17) is 0 Å². The number of piperazine rings is 1. The van der Waals surface area contributed by atoms with Crippen molar-refractivity contribution in [2.24, 2.45) is 5.41 Å². The average molecular weight is 312 g/mol. The third-order valence-corrected chi connectivity index (χ3v) is 4.28. The molecule has 2 amide bonds. The van der Waals surface area contributed by atoms with Crippen LogP contribution in [0.4, 0.5) is 0 Å². The molecule has 0 radical (unpaired) electrons. The highest BCUT2D eigenvalue weighted by atomic mass is 16.2. The lowest BCUT2D eigenvalue weighted by Crippen LogP contribution is -2.55. The summed E-state index contributed by atoms with van der Waals surface area (Å²) in [5.74, 6) is -0.234. The summed E-state index contributed by atoms with van der Waals surface area (Å²) >= 11 is 0. The van der Waals surface area contributed by atoms with Crippen LogP contribution >= 0.6 is 0 Å². The van der Waals surface area contributed by atoms with Gasteiger partial charge in [-0.2, -0.15) is 0 Å². The van der Waals surface area contributed by atoms with Gasteiger partial charge in [-0.3, -0.25) is 9.59 Å². The molecule has 0 saturated carbocycles. The van der Waals surface area contributed by atoms with Crippen molar-refractivity contribution in [1.29, 1.82) is 0 Å². The summed E-state index contributed by atoms with van der Waals surface area (Å²) < 4.78 is 0. The number of likely N-dealkylation sites (N-methyl/N-ethyl adjacent to an activating group) is 1. The average Bonchev–Trinajstić information content (AvgIpc) is 2.50. The number of hydrogen-bond donors (Lipinski definition) is 1. The molecule has 1 heterocycles. The van der Waals surface area contributed by atoms with Gasteiger partial charge < -0.3 is 20.0 Å². The van der Waals surface area contributed by atoms with E-state index < -0.39 is 5.41 Å². The van der Waals surface area contributed by atoms with Crippen molar-refractivity contribution in [3.63, 3.8) is 0 Å². The van der Waals surface area contributed by atoms with E-state index >= 15 is 0 Å². The van der Waals surface area contributed by atoms with E-state index in [1.54, 1.807) is 13.8 Å². The van der Waals surface area contributed by atoms with E-state index in [9.17, 15) is 9.59 Å². The molecule has 0 aromatic heterocycles. The molecule has 0 spiro atoms. The second-order valence-corrected chi connectivity index (χ2v) is 6.76. The number of rotatable bonds is 7. The number of carbonyl (C=O) groups is 2. The first kappa shape index (κ1) is 18.9. The van der Waals surface area contributed by atoms with Crippen LogP contribution in [0.5, 0.6) is 0 Å². The van der Waals surface area contributed by atoms with E-state index in [1.807, 2.05) is 19.0 Å². The molecule has 0 bridgehead atoms. The highest BCUT2D eigenvalue weighted by molar-refractivity contribution is 6.04. The molecule has 0 aromatic carbocycles. The van der Waals surface area contributed by atoms with Crippen LogP contribution in [0.3, 0.4) is 0 Å². The maximum atomic E-state index is 12.6. The zero-order valence-electron chi connectivity index (χ0n) is 14.8. The topological polar surface area (TPSA) is 55.9 Å². The molecule has 0 unspecified atom stereocenters. The standard InChI is InChI=1S/C16H32N4O2/c1-6-19-10-12-20(13-11-19)15(22)16(2,3)14(21)17-8-7-9-18(4)5/h6-13H2,1-5H3,(H,17,21). The predicted molar refractivity (Wildman–Crippen MR) is 88.7 cm³/mol. The Morgan fingerprint density at radius 2 is 1.73 bits per heavy atom. The summed E-state index contributed by atoms with van der Waals surface area (Å²) in [5.41, 5.74) is -0.994. The summed E-state index contributed by atoms with van der Waals surface area (Å²) in [6.07, 6.45) is 0.887. The van der Waals surface area contributed by atoms with Crippen molar-refractivity contribution in [3.8, 4) is 0 Å². The van der Waals surface area contributed by atoms with Crippen LogP contribution in [-0.4, -0.2) is 86.4 Å². The molecule has 1 fully saturated rings.